The molecule has 7 atom stereocenters. The number of carbonyl (C=O) groups is 4. The largest absolute Gasteiger partial charge is 0.472 e. The van der Waals surface area contributed by atoms with E-state index >= 15 is 0 Å². The molecule has 0 rings (SSSR count). The minimum atomic E-state index is -4.95. The van der Waals surface area contributed by atoms with Crippen LogP contribution in [0.1, 0.15) is 363 Å². The summed E-state index contributed by atoms with van der Waals surface area (Å²) >= 11 is 0. The van der Waals surface area contributed by atoms with Crippen LogP contribution in [0.25, 0.3) is 0 Å². The van der Waals surface area contributed by atoms with Gasteiger partial charge >= 0.3 is 39.5 Å². The average Bonchev–Trinajstić information content (AvgIpc) is 3.71. The first-order chi connectivity index (χ1) is 43.4. The third-order valence-electron chi connectivity index (χ3n) is 17.2. The van der Waals surface area contributed by atoms with E-state index in [2.05, 4.69) is 41.5 Å². The Labute approximate surface area is 549 Å². The first-order valence-corrected chi connectivity index (χ1v) is 40.1. The molecule has 4 unspecified atom stereocenters. The number of aliphatic hydroxyl groups excluding tert-OH is 1. The van der Waals surface area contributed by atoms with E-state index in [1.54, 1.807) is 0 Å². The Balaban J connectivity index is 5.15. The standard InChI is InChI=1S/C71H138O17P2/c1-7-11-13-15-16-17-18-19-20-21-22-26-29-32-35-42-48-54-69(74)82-60-67(87-70(75)55-49-43-36-33-30-27-24-23-25-28-31-34-40-45-51-63(5)9-3)62-86-90(79,80)84-58-65(72)57-83-89(77,78)85-61-66(59-81-68(73)53-47-39-14-12-8-2)88-71(76)56-50-44-38-37-41-46-52-64(6)10-4/h63-67,72H,7-62H2,1-6H3,(H,77,78)(H,79,80)/t63?,64?,65-,66+,67+/m0/s1. The molecule has 90 heavy (non-hydrogen) atoms. The molecule has 0 aromatic carbocycles. The summed E-state index contributed by atoms with van der Waals surface area (Å²) in [6.45, 7) is 9.47. The predicted octanol–water partition coefficient (Wildman–Crippen LogP) is 20.4. The van der Waals surface area contributed by atoms with Crippen molar-refractivity contribution in [1.82, 2.24) is 0 Å². The number of aliphatic hydroxyl groups is 1. The third kappa shape index (κ3) is 62.2. The van der Waals surface area contributed by atoms with Crippen molar-refractivity contribution in [2.45, 2.75) is 381 Å². The van der Waals surface area contributed by atoms with Crippen LogP contribution in [0.4, 0.5) is 0 Å². The average molecular weight is 1330 g/mol. The maximum absolute atomic E-state index is 13.0. The fourth-order valence-electron chi connectivity index (χ4n) is 10.7. The number of phosphoric ester groups is 2. The molecule has 19 heteroatoms. The molecule has 0 fully saturated rings. The van der Waals surface area contributed by atoms with Gasteiger partial charge < -0.3 is 33.8 Å². The van der Waals surface area contributed by atoms with Gasteiger partial charge in [-0.3, -0.25) is 37.3 Å². The van der Waals surface area contributed by atoms with Gasteiger partial charge in [-0.15, -0.1) is 0 Å². The lowest BCUT2D eigenvalue weighted by Crippen LogP contribution is -2.30. The van der Waals surface area contributed by atoms with Crippen molar-refractivity contribution < 1.29 is 80.2 Å². The third-order valence-corrected chi connectivity index (χ3v) is 19.1. The van der Waals surface area contributed by atoms with Gasteiger partial charge in [0.25, 0.3) is 0 Å². The highest BCUT2D eigenvalue weighted by Gasteiger charge is 2.30. The molecular formula is C71H138O17P2. The van der Waals surface area contributed by atoms with Crippen molar-refractivity contribution in [1.29, 1.82) is 0 Å². The summed E-state index contributed by atoms with van der Waals surface area (Å²) in [4.78, 5) is 72.3. The topological polar surface area (TPSA) is 237 Å². The molecule has 0 aromatic heterocycles. The van der Waals surface area contributed by atoms with Crippen molar-refractivity contribution in [3.63, 3.8) is 0 Å². The molecule has 0 aromatic rings. The highest BCUT2D eigenvalue weighted by molar-refractivity contribution is 7.47. The van der Waals surface area contributed by atoms with Gasteiger partial charge in [-0.25, -0.2) is 9.13 Å². The number of esters is 4. The molecule has 17 nitrogen and oxygen atoms in total. The van der Waals surface area contributed by atoms with Crippen LogP contribution < -0.4 is 0 Å². The van der Waals surface area contributed by atoms with Gasteiger partial charge in [0.2, 0.25) is 0 Å². The maximum Gasteiger partial charge on any atom is 0.472 e. The molecule has 0 aliphatic carbocycles. The molecule has 0 amide bonds. The number of carbonyl (C=O) groups excluding carboxylic acids is 4. The first-order valence-electron chi connectivity index (χ1n) is 37.1. The molecular weight excluding hydrogens is 1190 g/mol. The highest BCUT2D eigenvalue weighted by atomic mass is 31.2. The second-order valence-electron chi connectivity index (χ2n) is 26.1. The van der Waals surface area contributed by atoms with Crippen LogP contribution in [0, 0.1) is 11.8 Å². The van der Waals surface area contributed by atoms with Gasteiger partial charge in [0.15, 0.2) is 12.2 Å². The molecule has 0 saturated carbocycles. The zero-order valence-corrected chi connectivity index (χ0v) is 60.2. The van der Waals surface area contributed by atoms with E-state index in [-0.39, 0.29) is 25.7 Å². The van der Waals surface area contributed by atoms with E-state index < -0.39 is 97.5 Å². The van der Waals surface area contributed by atoms with E-state index in [9.17, 15) is 43.2 Å². The minimum absolute atomic E-state index is 0.102. The molecule has 3 N–H and O–H groups in total. The highest BCUT2D eigenvalue weighted by Crippen LogP contribution is 2.45. The molecule has 0 saturated heterocycles. The van der Waals surface area contributed by atoms with Gasteiger partial charge in [0.1, 0.15) is 19.3 Å². The van der Waals surface area contributed by atoms with Gasteiger partial charge in [0, 0.05) is 25.7 Å². The zero-order valence-electron chi connectivity index (χ0n) is 58.4. The monoisotopic (exact) mass is 1320 g/mol. The van der Waals surface area contributed by atoms with Crippen LogP contribution in [0.3, 0.4) is 0 Å². The lowest BCUT2D eigenvalue weighted by atomic mass is 9.99. The van der Waals surface area contributed by atoms with Crippen LogP contribution in [-0.4, -0.2) is 96.7 Å². The Bertz CT molecular complexity index is 1760. The summed E-state index contributed by atoms with van der Waals surface area (Å²) in [6, 6.07) is 0. The molecule has 0 heterocycles. The van der Waals surface area contributed by atoms with E-state index in [1.165, 1.54) is 173 Å². The van der Waals surface area contributed by atoms with Crippen molar-refractivity contribution in [2.24, 2.45) is 11.8 Å². The van der Waals surface area contributed by atoms with Crippen LogP contribution in [0.2, 0.25) is 0 Å². The Morgan fingerprint density at radius 1 is 0.311 bits per heavy atom. The van der Waals surface area contributed by atoms with Crippen LogP contribution in [0.5, 0.6) is 0 Å². The van der Waals surface area contributed by atoms with Crippen molar-refractivity contribution in [3.8, 4) is 0 Å². The minimum Gasteiger partial charge on any atom is -0.462 e. The van der Waals surface area contributed by atoms with E-state index in [0.717, 1.165) is 108 Å². The molecule has 0 bridgehead atoms. The number of hydrogen-bond acceptors (Lipinski definition) is 15. The van der Waals surface area contributed by atoms with Crippen molar-refractivity contribution in [2.75, 3.05) is 39.6 Å². The second-order valence-corrected chi connectivity index (χ2v) is 29.0. The summed E-state index contributed by atoms with van der Waals surface area (Å²) in [5.74, 6) is -0.570. The summed E-state index contributed by atoms with van der Waals surface area (Å²) in [7, 11) is -9.89. The summed E-state index contributed by atoms with van der Waals surface area (Å²) in [5.41, 5.74) is 0. The lowest BCUT2D eigenvalue weighted by molar-refractivity contribution is -0.161. The number of hydrogen-bond donors (Lipinski definition) is 3. The maximum atomic E-state index is 13.0. The molecule has 0 aliphatic rings. The normalized spacial score (nSPS) is 14.7. The number of phosphoric acid groups is 2. The SMILES string of the molecule is CCCCCCCCCCCCCCCCCCCC(=O)OC[C@H](COP(=O)(O)OC[C@@H](O)COP(=O)(O)OC[C@@H](COC(=O)CCCCCCC)OC(=O)CCCCCCCCC(C)CC)OC(=O)CCCCCCCCCCCCCCCCC(C)CC. The Hall–Kier alpha value is -1.94. The fraction of sp³-hybridized carbons (Fsp3) is 0.944. The van der Waals surface area contributed by atoms with Crippen molar-refractivity contribution in [3.05, 3.63) is 0 Å². The Morgan fingerprint density at radius 3 is 0.789 bits per heavy atom. The van der Waals surface area contributed by atoms with Crippen molar-refractivity contribution >= 4 is 39.5 Å². The van der Waals surface area contributed by atoms with Gasteiger partial charge in [0.05, 0.1) is 26.4 Å². The van der Waals surface area contributed by atoms with Gasteiger partial charge in [-0.2, -0.15) is 0 Å². The molecule has 0 radical (unpaired) electrons. The zero-order chi connectivity index (χ0) is 66.5. The fourth-order valence-corrected chi connectivity index (χ4v) is 12.3. The second kappa shape index (κ2) is 63.1. The first kappa shape index (κ1) is 88.1. The molecule has 0 spiro atoms. The van der Waals surface area contributed by atoms with Gasteiger partial charge in [-0.1, -0.05) is 311 Å². The summed E-state index contributed by atoms with van der Waals surface area (Å²) < 4.78 is 68.1. The number of rotatable bonds is 70. The van der Waals surface area contributed by atoms with E-state index in [1.807, 2.05) is 0 Å². The smallest absolute Gasteiger partial charge is 0.462 e. The number of ether oxygens (including phenoxy) is 4. The van der Waals surface area contributed by atoms with Crippen LogP contribution in [0.15, 0.2) is 0 Å². The van der Waals surface area contributed by atoms with Gasteiger partial charge in [-0.05, 0) is 37.5 Å². The van der Waals surface area contributed by atoms with Crippen LogP contribution >= 0.6 is 15.6 Å². The molecule has 0 aliphatic heterocycles. The number of unbranched alkanes of at least 4 members (excludes halogenated alkanes) is 38. The lowest BCUT2D eigenvalue weighted by Gasteiger charge is -2.21. The quantitative estimate of drug-likeness (QED) is 0.0222. The van der Waals surface area contributed by atoms with Crippen LogP contribution in [-0.2, 0) is 65.4 Å². The van der Waals surface area contributed by atoms with E-state index in [0.29, 0.717) is 25.7 Å². The Kier molecular flexibility index (Phi) is 61.8. The summed E-state index contributed by atoms with van der Waals surface area (Å²) in [5, 5.41) is 10.6. The molecule has 534 valence electrons. The van der Waals surface area contributed by atoms with E-state index in [4.69, 9.17) is 37.0 Å². The Morgan fingerprint density at radius 2 is 0.533 bits per heavy atom. The summed E-state index contributed by atoms with van der Waals surface area (Å²) in [6.07, 6.45) is 49.0. The predicted molar refractivity (Wildman–Crippen MR) is 363 cm³/mol.